The van der Waals surface area contributed by atoms with Gasteiger partial charge in [-0.15, -0.1) is 0 Å². The molecule has 1 aliphatic heterocycles. The van der Waals surface area contributed by atoms with Gasteiger partial charge in [0.1, 0.15) is 0 Å². The molecule has 118 valence electrons. The van der Waals surface area contributed by atoms with Crippen molar-refractivity contribution in [2.45, 2.75) is 58.4 Å². The van der Waals surface area contributed by atoms with Gasteiger partial charge in [-0.1, -0.05) is 6.07 Å². The minimum absolute atomic E-state index is 0.0474. The van der Waals surface area contributed by atoms with Crippen molar-refractivity contribution in [1.29, 1.82) is 0 Å². The molecule has 0 saturated heterocycles. The molecule has 0 fully saturated rings. The number of esters is 1. The molecule has 0 spiro atoms. The van der Waals surface area contributed by atoms with Crippen LogP contribution in [0.4, 0.5) is 0 Å². The van der Waals surface area contributed by atoms with Crippen LogP contribution in [0.5, 0.6) is 0 Å². The fourth-order valence-electron chi connectivity index (χ4n) is 3.60. The molecule has 3 nitrogen and oxygen atoms in total. The van der Waals surface area contributed by atoms with E-state index >= 15 is 0 Å². The second-order valence-electron chi connectivity index (χ2n) is 6.98. The van der Waals surface area contributed by atoms with Crippen LogP contribution in [-0.2, 0) is 28.8 Å². The Hall–Kier alpha value is -1.77. The zero-order chi connectivity index (χ0) is 15.7. The molecule has 0 amide bonds. The molecule has 1 aliphatic carbocycles. The Morgan fingerprint density at radius 1 is 1.23 bits per heavy atom. The summed E-state index contributed by atoms with van der Waals surface area (Å²) < 4.78 is 5.09. The van der Waals surface area contributed by atoms with Gasteiger partial charge in [0.25, 0.3) is 0 Å². The predicted octanol–water partition coefficient (Wildman–Crippen LogP) is 3.39. The lowest BCUT2D eigenvalue weighted by atomic mass is 9.81. The molecule has 0 aromatic heterocycles. The molecule has 0 saturated carbocycles. The summed E-state index contributed by atoms with van der Waals surface area (Å²) in [5, 5.41) is 3.51. The quantitative estimate of drug-likeness (QED) is 0.672. The van der Waals surface area contributed by atoms with Crippen LogP contribution in [0, 0.1) is 0 Å². The van der Waals surface area contributed by atoms with E-state index in [0.717, 1.165) is 18.5 Å². The Balaban J connectivity index is 2.05. The zero-order valence-corrected chi connectivity index (χ0v) is 13.8. The summed E-state index contributed by atoms with van der Waals surface area (Å²) in [4.78, 5) is 11.9. The minimum atomic E-state index is -0.272. The maximum Gasteiger partial charge on any atom is 0.332 e. The molecule has 3 rings (SSSR count). The van der Waals surface area contributed by atoms with E-state index in [-0.39, 0.29) is 11.5 Å². The number of hydrogen-bond acceptors (Lipinski definition) is 3. The van der Waals surface area contributed by atoms with Crippen molar-refractivity contribution in [3.8, 4) is 0 Å². The highest BCUT2D eigenvalue weighted by Gasteiger charge is 2.29. The summed E-state index contributed by atoms with van der Waals surface area (Å²) in [6.45, 7) is 6.59. The van der Waals surface area contributed by atoms with Crippen molar-refractivity contribution < 1.29 is 9.53 Å². The van der Waals surface area contributed by atoms with Crippen molar-refractivity contribution >= 4 is 11.7 Å². The van der Waals surface area contributed by atoms with Crippen molar-refractivity contribution in [1.82, 2.24) is 5.32 Å². The Morgan fingerprint density at radius 2 is 1.91 bits per heavy atom. The lowest BCUT2D eigenvalue weighted by molar-refractivity contribution is -0.137. The van der Waals surface area contributed by atoms with Gasteiger partial charge in [-0.2, -0.15) is 0 Å². The summed E-state index contributed by atoms with van der Waals surface area (Å²) in [7, 11) is 0. The van der Waals surface area contributed by atoms with E-state index in [1.54, 1.807) is 6.08 Å². The number of benzene rings is 1. The second kappa shape index (κ2) is 5.79. The van der Waals surface area contributed by atoms with Crippen molar-refractivity contribution in [2.24, 2.45) is 0 Å². The average Bonchev–Trinajstić information content (AvgIpc) is 2.44. The normalized spacial score (nSPS) is 20.8. The summed E-state index contributed by atoms with van der Waals surface area (Å²) in [6.07, 6.45) is 7.49. The number of hydrogen-bond donors (Lipinski definition) is 1. The van der Waals surface area contributed by atoms with Crippen molar-refractivity contribution in [3.05, 3.63) is 40.5 Å². The largest absolute Gasteiger partial charge is 0.463 e. The van der Waals surface area contributed by atoms with Crippen LogP contribution in [-0.4, -0.2) is 18.1 Å². The first kappa shape index (κ1) is 15.1. The molecule has 1 aromatic carbocycles. The van der Waals surface area contributed by atoms with E-state index < -0.39 is 0 Å². The average molecular weight is 299 g/mol. The smallest absolute Gasteiger partial charge is 0.332 e. The molecular weight excluding hydrogens is 274 g/mol. The number of ether oxygens (including phenoxy) is 1. The SMILES string of the molecule is CCOC(=O)C=C1NC(C)(C)Cc2cc3c(cc21)CCCC3. The highest BCUT2D eigenvalue weighted by molar-refractivity contribution is 5.92. The molecule has 1 N–H and O–H groups in total. The molecule has 1 heterocycles. The van der Waals surface area contributed by atoms with Crippen LogP contribution in [0.1, 0.15) is 55.9 Å². The molecule has 1 aromatic rings. The number of rotatable bonds is 2. The van der Waals surface area contributed by atoms with Crippen molar-refractivity contribution in [3.63, 3.8) is 0 Å². The third-order valence-corrected chi connectivity index (χ3v) is 4.51. The molecule has 3 heteroatoms. The summed E-state index contributed by atoms with van der Waals surface area (Å²) in [6, 6.07) is 4.66. The van der Waals surface area contributed by atoms with E-state index in [9.17, 15) is 4.79 Å². The van der Waals surface area contributed by atoms with Crippen molar-refractivity contribution in [2.75, 3.05) is 6.61 Å². The van der Waals surface area contributed by atoms with Gasteiger partial charge in [0.15, 0.2) is 0 Å². The number of nitrogens with one attached hydrogen (secondary N) is 1. The summed E-state index contributed by atoms with van der Waals surface area (Å²) >= 11 is 0. The Morgan fingerprint density at radius 3 is 2.59 bits per heavy atom. The van der Waals surface area contributed by atoms with E-state index in [1.807, 2.05) is 6.92 Å². The van der Waals surface area contributed by atoms with Gasteiger partial charge in [-0.25, -0.2) is 4.79 Å². The maximum absolute atomic E-state index is 11.9. The highest BCUT2D eigenvalue weighted by atomic mass is 16.5. The third kappa shape index (κ3) is 3.03. The predicted molar refractivity (Wildman–Crippen MR) is 88.6 cm³/mol. The van der Waals surface area contributed by atoms with Crippen LogP contribution in [0.3, 0.4) is 0 Å². The first-order valence-electron chi connectivity index (χ1n) is 8.30. The minimum Gasteiger partial charge on any atom is -0.463 e. The summed E-state index contributed by atoms with van der Waals surface area (Å²) in [5.74, 6) is -0.272. The van der Waals surface area contributed by atoms with Gasteiger partial charge in [0, 0.05) is 22.9 Å². The monoisotopic (exact) mass is 299 g/mol. The Labute approximate surface area is 132 Å². The molecule has 2 aliphatic rings. The van der Waals surface area contributed by atoms with Crippen LogP contribution in [0.15, 0.2) is 18.2 Å². The van der Waals surface area contributed by atoms with E-state index in [1.165, 1.54) is 41.5 Å². The molecular formula is C19H25NO2. The molecule has 0 radical (unpaired) electrons. The van der Waals surface area contributed by atoms with E-state index in [2.05, 4.69) is 31.3 Å². The van der Waals surface area contributed by atoms with Gasteiger partial charge < -0.3 is 10.1 Å². The molecule has 0 atom stereocenters. The van der Waals surface area contributed by atoms with Gasteiger partial charge in [0.05, 0.1) is 6.61 Å². The summed E-state index contributed by atoms with van der Waals surface area (Å²) in [5.41, 5.74) is 6.32. The Bertz CT molecular complexity index is 629. The number of fused-ring (bicyclic) bond motifs is 2. The van der Waals surface area contributed by atoms with E-state index in [4.69, 9.17) is 4.74 Å². The van der Waals surface area contributed by atoms with Crippen LogP contribution in [0.2, 0.25) is 0 Å². The maximum atomic E-state index is 11.9. The van der Waals surface area contributed by atoms with Gasteiger partial charge in [-0.05, 0) is 75.6 Å². The number of carbonyl (C=O) groups excluding carboxylic acids is 1. The van der Waals surface area contributed by atoms with Crippen LogP contribution < -0.4 is 5.32 Å². The molecule has 0 unspecified atom stereocenters. The van der Waals surface area contributed by atoms with Crippen LogP contribution in [0.25, 0.3) is 5.70 Å². The first-order chi connectivity index (χ1) is 10.5. The fourth-order valence-corrected chi connectivity index (χ4v) is 3.60. The van der Waals surface area contributed by atoms with E-state index in [0.29, 0.717) is 6.61 Å². The van der Waals surface area contributed by atoms with Gasteiger partial charge in [-0.3, -0.25) is 0 Å². The standard InChI is InChI=1S/C19H25NO2/c1-4-22-18(21)11-17-16-10-14-8-6-5-7-13(14)9-15(16)12-19(2,3)20-17/h9-11,20H,4-8,12H2,1-3H3. The zero-order valence-electron chi connectivity index (χ0n) is 13.8. The molecule has 22 heavy (non-hydrogen) atoms. The van der Waals surface area contributed by atoms with Gasteiger partial charge in [0.2, 0.25) is 0 Å². The van der Waals surface area contributed by atoms with Crippen LogP contribution >= 0.6 is 0 Å². The Kier molecular flexibility index (Phi) is 3.98. The lowest BCUT2D eigenvalue weighted by Crippen LogP contribution is -2.44. The third-order valence-electron chi connectivity index (χ3n) is 4.51. The fraction of sp³-hybridized carbons (Fsp3) is 0.526. The number of carbonyl (C=O) groups is 1. The molecule has 0 bridgehead atoms. The lowest BCUT2D eigenvalue weighted by Gasteiger charge is -2.36. The number of aryl methyl sites for hydroxylation is 2. The topological polar surface area (TPSA) is 38.3 Å². The van der Waals surface area contributed by atoms with Gasteiger partial charge >= 0.3 is 5.97 Å². The highest BCUT2D eigenvalue weighted by Crippen LogP contribution is 2.34. The first-order valence-corrected chi connectivity index (χ1v) is 8.30. The second-order valence-corrected chi connectivity index (χ2v) is 6.98.